The molecule has 100 valence electrons. The third kappa shape index (κ3) is 4.48. The summed E-state index contributed by atoms with van der Waals surface area (Å²) in [5, 5.41) is 0.784. The lowest BCUT2D eigenvalue weighted by Crippen LogP contribution is -2.27. The van der Waals surface area contributed by atoms with Gasteiger partial charge in [0.25, 0.3) is 0 Å². The predicted octanol–water partition coefficient (Wildman–Crippen LogP) is 3.49. The quantitative estimate of drug-likeness (QED) is 0.751. The van der Waals surface area contributed by atoms with Crippen LogP contribution in [0.4, 0.5) is 0 Å². The number of esters is 1. The maximum absolute atomic E-state index is 11.7. The molecule has 3 nitrogen and oxygen atoms in total. The van der Waals surface area contributed by atoms with Crippen LogP contribution in [-0.4, -0.2) is 37.1 Å². The smallest absolute Gasteiger partial charge is 0.338 e. The minimum atomic E-state index is -0.374. The molecule has 0 atom stereocenters. The average Bonchev–Trinajstić information content (AvgIpc) is 2.37. The number of ether oxygens (including phenoxy) is 1. The third-order valence-corrected chi connectivity index (χ3v) is 3.43. The van der Waals surface area contributed by atoms with E-state index < -0.39 is 0 Å². The molecule has 1 rings (SSSR count). The van der Waals surface area contributed by atoms with E-state index in [4.69, 9.17) is 27.9 Å². The summed E-state index contributed by atoms with van der Waals surface area (Å²) in [6.07, 6.45) is 0. The maximum Gasteiger partial charge on any atom is 0.338 e. The van der Waals surface area contributed by atoms with Gasteiger partial charge in [-0.1, -0.05) is 37.0 Å². The van der Waals surface area contributed by atoms with E-state index in [2.05, 4.69) is 18.7 Å². The molecule has 0 saturated carbocycles. The van der Waals surface area contributed by atoms with Gasteiger partial charge in [-0.3, -0.25) is 0 Å². The van der Waals surface area contributed by atoms with Crippen LogP contribution in [0.1, 0.15) is 24.2 Å². The summed E-state index contributed by atoms with van der Waals surface area (Å²) in [5.41, 5.74) is 0.420. The number of nitrogens with zero attached hydrogens (tertiary/aromatic N) is 1. The zero-order chi connectivity index (χ0) is 13.5. The lowest BCUT2D eigenvalue weighted by molar-refractivity contribution is 0.0466. The van der Waals surface area contributed by atoms with Gasteiger partial charge in [0.05, 0.1) is 15.6 Å². The first-order chi connectivity index (χ1) is 8.58. The molecular weight excluding hydrogens is 273 g/mol. The van der Waals surface area contributed by atoms with Crippen molar-refractivity contribution in [3.05, 3.63) is 33.8 Å². The van der Waals surface area contributed by atoms with E-state index in [0.717, 1.165) is 19.6 Å². The molecule has 0 unspecified atom stereocenters. The average molecular weight is 290 g/mol. The number of carbonyl (C=O) groups excluding carboxylic acids is 1. The van der Waals surface area contributed by atoms with Gasteiger partial charge in [-0.05, 0) is 31.3 Å². The van der Waals surface area contributed by atoms with Crippen molar-refractivity contribution in [3.8, 4) is 0 Å². The Morgan fingerprint density at radius 1 is 1.22 bits per heavy atom. The zero-order valence-electron chi connectivity index (χ0n) is 10.6. The molecule has 18 heavy (non-hydrogen) atoms. The number of halogens is 2. The van der Waals surface area contributed by atoms with Gasteiger partial charge in [0.1, 0.15) is 6.61 Å². The van der Waals surface area contributed by atoms with Crippen LogP contribution in [0.3, 0.4) is 0 Å². The van der Waals surface area contributed by atoms with Crippen molar-refractivity contribution in [2.45, 2.75) is 13.8 Å². The molecule has 0 heterocycles. The maximum atomic E-state index is 11.7. The van der Waals surface area contributed by atoms with Crippen LogP contribution in [0, 0.1) is 0 Å². The molecule has 5 heteroatoms. The van der Waals surface area contributed by atoms with Crippen LogP contribution in [0.5, 0.6) is 0 Å². The molecule has 0 aliphatic rings. The van der Waals surface area contributed by atoms with Crippen molar-refractivity contribution in [1.29, 1.82) is 0 Å². The first-order valence-electron chi connectivity index (χ1n) is 5.93. The minimum absolute atomic E-state index is 0.356. The van der Waals surface area contributed by atoms with Crippen molar-refractivity contribution >= 4 is 29.2 Å². The van der Waals surface area contributed by atoms with E-state index in [1.807, 2.05) is 0 Å². The van der Waals surface area contributed by atoms with Crippen molar-refractivity contribution in [2.75, 3.05) is 26.2 Å². The molecule has 0 aliphatic heterocycles. The molecule has 0 aromatic heterocycles. The second-order valence-electron chi connectivity index (χ2n) is 3.79. The lowest BCUT2D eigenvalue weighted by Gasteiger charge is -2.17. The van der Waals surface area contributed by atoms with Crippen molar-refractivity contribution in [3.63, 3.8) is 0 Å². The van der Waals surface area contributed by atoms with E-state index in [9.17, 15) is 4.79 Å². The Hall–Kier alpha value is -0.770. The number of hydrogen-bond acceptors (Lipinski definition) is 3. The van der Waals surface area contributed by atoms with Gasteiger partial charge in [0, 0.05) is 6.54 Å². The van der Waals surface area contributed by atoms with Crippen molar-refractivity contribution in [1.82, 2.24) is 4.90 Å². The zero-order valence-corrected chi connectivity index (χ0v) is 12.1. The highest BCUT2D eigenvalue weighted by Gasteiger charge is 2.09. The Balaban J connectivity index is 2.48. The number of carbonyl (C=O) groups is 1. The van der Waals surface area contributed by atoms with Crippen LogP contribution in [-0.2, 0) is 4.74 Å². The van der Waals surface area contributed by atoms with Gasteiger partial charge < -0.3 is 9.64 Å². The molecule has 0 spiro atoms. The predicted molar refractivity (Wildman–Crippen MR) is 74.5 cm³/mol. The summed E-state index contributed by atoms with van der Waals surface area (Å²) in [4.78, 5) is 13.9. The van der Waals surface area contributed by atoms with E-state index in [1.54, 1.807) is 12.1 Å². The first-order valence-corrected chi connectivity index (χ1v) is 6.68. The largest absolute Gasteiger partial charge is 0.461 e. The van der Waals surface area contributed by atoms with Gasteiger partial charge in [-0.2, -0.15) is 0 Å². The van der Waals surface area contributed by atoms with Crippen molar-refractivity contribution < 1.29 is 9.53 Å². The molecule has 0 bridgehead atoms. The number of benzene rings is 1. The molecule has 1 aromatic rings. The Morgan fingerprint density at radius 3 is 2.44 bits per heavy atom. The molecule has 0 fully saturated rings. The second kappa shape index (κ2) is 7.62. The highest BCUT2D eigenvalue weighted by molar-refractivity contribution is 6.42. The fourth-order valence-electron chi connectivity index (χ4n) is 1.51. The first kappa shape index (κ1) is 15.3. The second-order valence-corrected chi connectivity index (χ2v) is 4.61. The summed E-state index contributed by atoms with van der Waals surface area (Å²) in [6, 6.07) is 4.71. The van der Waals surface area contributed by atoms with E-state index in [-0.39, 0.29) is 5.97 Å². The Labute approximate surface area is 118 Å². The molecular formula is C13H17Cl2NO2. The van der Waals surface area contributed by atoms with E-state index >= 15 is 0 Å². The van der Waals surface area contributed by atoms with Gasteiger partial charge in [-0.15, -0.1) is 0 Å². The van der Waals surface area contributed by atoms with Gasteiger partial charge in [0.15, 0.2) is 0 Å². The minimum Gasteiger partial charge on any atom is -0.461 e. The SMILES string of the molecule is CCN(CC)CCOC(=O)c1ccc(Cl)c(Cl)c1. The third-order valence-electron chi connectivity index (χ3n) is 2.69. The van der Waals surface area contributed by atoms with Crippen molar-refractivity contribution in [2.24, 2.45) is 0 Å². The summed E-state index contributed by atoms with van der Waals surface area (Å²) in [6.45, 7) is 7.15. The molecule has 0 saturated heterocycles. The fraction of sp³-hybridized carbons (Fsp3) is 0.462. The normalized spacial score (nSPS) is 10.7. The Kier molecular flexibility index (Phi) is 6.47. The van der Waals surface area contributed by atoms with Gasteiger partial charge in [0.2, 0.25) is 0 Å². The molecule has 1 aromatic carbocycles. The molecule has 0 N–H and O–H groups in total. The number of rotatable bonds is 6. The van der Waals surface area contributed by atoms with Crippen LogP contribution in [0.15, 0.2) is 18.2 Å². The Morgan fingerprint density at radius 2 is 1.89 bits per heavy atom. The number of hydrogen-bond donors (Lipinski definition) is 0. The van der Waals surface area contributed by atoms with Crippen LogP contribution in [0.25, 0.3) is 0 Å². The molecule has 0 radical (unpaired) electrons. The summed E-state index contributed by atoms with van der Waals surface area (Å²) in [7, 11) is 0. The van der Waals surface area contributed by atoms with Gasteiger partial charge in [-0.25, -0.2) is 4.79 Å². The summed E-state index contributed by atoms with van der Waals surface area (Å²) in [5.74, 6) is -0.374. The standard InChI is InChI=1S/C13H17Cl2NO2/c1-3-16(4-2)7-8-18-13(17)10-5-6-11(14)12(15)9-10/h5-6,9H,3-4,7-8H2,1-2H3. The summed E-state index contributed by atoms with van der Waals surface area (Å²) < 4.78 is 5.17. The molecule has 0 aliphatic carbocycles. The summed E-state index contributed by atoms with van der Waals surface area (Å²) >= 11 is 11.6. The van der Waals surface area contributed by atoms with E-state index in [0.29, 0.717) is 22.2 Å². The van der Waals surface area contributed by atoms with Crippen LogP contribution in [0.2, 0.25) is 10.0 Å². The molecule has 0 amide bonds. The Bertz CT molecular complexity index is 406. The number of likely N-dealkylation sites (N-methyl/N-ethyl adjacent to an activating group) is 1. The van der Waals surface area contributed by atoms with Crippen LogP contribution < -0.4 is 0 Å². The fourth-order valence-corrected chi connectivity index (χ4v) is 1.81. The highest BCUT2D eigenvalue weighted by atomic mass is 35.5. The topological polar surface area (TPSA) is 29.5 Å². The van der Waals surface area contributed by atoms with Gasteiger partial charge >= 0.3 is 5.97 Å². The lowest BCUT2D eigenvalue weighted by atomic mass is 10.2. The highest BCUT2D eigenvalue weighted by Crippen LogP contribution is 2.22. The monoisotopic (exact) mass is 289 g/mol. The van der Waals surface area contributed by atoms with Crippen LogP contribution >= 0.6 is 23.2 Å². The van der Waals surface area contributed by atoms with E-state index in [1.165, 1.54) is 6.07 Å².